The van der Waals surface area contributed by atoms with Crippen molar-refractivity contribution in [2.24, 2.45) is 5.73 Å². The lowest BCUT2D eigenvalue weighted by Crippen LogP contribution is -2.73. The third kappa shape index (κ3) is 7.40. The zero-order valence-electron chi connectivity index (χ0n) is 22.3. The fourth-order valence-electron chi connectivity index (χ4n) is 3.51. The zero-order valence-corrected chi connectivity index (χ0v) is 22.3. The molecule has 38 heavy (non-hydrogen) atoms. The number of rotatable bonds is 13. The summed E-state index contributed by atoms with van der Waals surface area (Å²) in [5.41, 5.74) is -17.4. The zero-order chi connectivity index (χ0) is 31.0. The summed E-state index contributed by atoms with van der Waals surface area (Å²) in [6, 6.07) is 0. The average Bonchev–Trinajstić information content (AvgIpc) is 2.61. The van der Waals surface area contributed by atoms with E-state index in [1.807, 2.05) is 0 Å². The van der Waals surface area contributed by atoms with E-state index in [-0.39, 0.29) is 47.3 Å². The molecule has 0 aliphatic carbocycles. The van der Waals surface area contributed by atoms with E-state index < -0.39 is 58.1 Å². The molecule has 0 aromatic heterocycles. The summed E-state index contributed by atoms with van der Waals surface area (Å²) in [5.74, 6) is -2.62. The second-order valence-electron chi connectivity index (χ2n) is 11.1. The van der Waals surface area contributed by atoms with Crippen LogP contribution in [0.25, 0.3) is 0 Å². The standard InChI is InChI=1S/C22H35F11N2O3/c1-14(2,10-12-37-15(3,4)9-11-34)35-13(36)18(24,20(26,27)28)17(7,8)38-22(32,33)19(25,16(5,6)23)21(29,30)31/h9-12,34H2,1-8H3,(H,35,36). The van der Waals surface area contributed by atoms with Gasteiger partial charge in [0.25, 0.3) is 5.91 Å². The highest BCUT2D eigenvalue weighted by atomic mass is 19.4. The third-order valence-electron chi connectivity index (χ3n) is 5.95. The van der Waals surface area contributed by atoms with Crippen LogP contribution in [0.3, 0.4) is 0 Å². The van der Waals surface area contributed by atoms with Crippen LogP contribution >= 0.6 is 0 Å². The number of halogens is 11. The first kappa shape index (κ1) is 36.6. The molecule has 0 fully saturated rings. The Bertz CT molecular complexity index is 805. The maximum absolute atomic E-state index is 15.6. The molecule has 0 saturated heterocycles. The van der Waals surface area contributed by atoms with Gasteiger partial charge in [0, 0.05) is 12.1 Å². The van der Waals surface area contributed by atoms with Crippen LogP contribution in [0.15, 0.2) is 0 Å². The highest BCUT2D eigenvalue weighted by Gasteiger charge is 2.82. The van der Waals surface area contributed by atoms with Crippen LogP contribution in [0.2, 0.25) is 0 Å². The van der Waals surface area contributed by atoms with Gasteiger partial charge in [-0.15, -0.1) is 0 Å². The van der Waals surface area contributed by atoms with Crippen molar-refractivity contribution in [1.29, 1.82) is 0 Å². The van der Waals surface area contributed by atoms with Crippen LogP contribution in [0, 0.1) is 0 Å². The summed E-state index contributed by atoms with van der Waals surface area (Å²) in [5, 5.41) is 1.66. The van der Waals surface area contributed by atoms with Gasteiger partial charge < -0.3 is 20.5 Å². The number of alkyl halides is 11. The van der Waals surface area contributed by atoms with Gasteiger partial charge in [0.15, 0.2) is 5.67 Å². The minimum atomic E-state index is -6.73. The quantitative estimate of drug-likeness (QED) is 0.257. The molecule has 0 bridgehead atoms. The fraction of sp³-hybridized carbons (Fsp3) is 0.955. The molecular weight excluding hydrogens is 549 g/mol. The molecule has 0 rings (SSSR count). The lowest BCUT2D eigenvalue weighted by atomic mass is 9.82. The summed E-state index contributed by atoms with van der Waals surface area (Å²) in [4.78, 5) is 12.6. The van der Waals surface area contributed by atoms with Crippen molar-refractivity contribution >= 4 is 5.91 Å². The van der Waals surface area contributed by atoms with Gasteiger partial charge in [-0.2, -0.15) is 35.1 Å². The molecule has 0 heterocycles. The lowest BCUT2D eigenvalue weighted by Gasteiger charge is -2.46. The van der Waals surface area contributed by atoms with Crippen molar-refractivity contribution < 1.29 is 62.6 Å². The number of nitrogens with one attached hydrogen (secondary N) is 1. The Morgan fingerprint density at radius 2 is 1.18 bits per heavy atom. The van der Waals surface area contributed by atoms with Crippen LogP contribution in [-0.4, -0.2) is 71.3 Å². The number of ether oxygens (including phenoxy) is 2. The van der Waals surface area contributed by atoms with Gasteiger partial charge in [-0.3, -0.25) is 4.79 Å². The summed E-state index contributed by atoms with van der Waals surface area (Å²) in [7, 11) is 0. The number of carbonyl (C=O) groups excluding carboxylic acids is 1. The van der Waals surface area contributed by atoms with E-state index >= 15 is 4.39 Å². The Kier molecular flexibility index (Phi) is 10.5. The normalized spacial score (nSPS) is 18.1. The fourth-order valence-corrected chi connectivity index (χ4v) is 3.51. The number of carbonyl (C=O) groups is 1. The van der Waals surface area contributed by atoms with Crippen LogP contribution in [0.1, 0.15) is 68.2 Å². The average molecular weight is 585 g/mol. The van der Waals surface area contributed by atoms with Crippen LogP contribution in [0.5, 0.6) is 0 Å². The smallest absolute Gasteiger partial charge is 0.375 e. The van der Waals surface area contributed by atoms with Gasteiger partial charge in [-0.05, 0) is 74.8 Å². The highest BCUT2D eigenvalue weighted by Crippen LogP contribution is 2.56. The van der Waals surface area contributed by atoms with E-state index in [0.29, 0.717) is 6.42 Å². The molecule has 0 saturated carbocycles. The molecule has 0 aromatic rings. The van der Waals surface area contributed by atoms with E-state index in [9.17, 15) is 48.7 Å². The Morgan fingerprint density at radius 3 is 1.53 bits per heavy atom. The summed E-state index contributed by atoms with van der Waals surface area (Å²) in [6.45, 7) is 4.80. The van der Waals surface area contributed by atoms with Gasteiger partial charge in [-0.1, -0.05) is 0 Å². The molecule has 0 aliphatic heterocycles. The molecule has 1 amide bonds. The Hall–Kier alpha value is -1.42. The second-order valence-corrected chi connectivity index (χ2v) is 11.1. The molecular formula is C22H35F11N2O3. The minimum Gasteiger partial charge on any atom is -0.375 e. The first-order valence-electron chi connectivity index (χ1n) is 11.3. The molecule has 5 nitrogen and oxygen atoms in total. The van der Waals surface area contributed by atoms with Crippen LogP contribution in [-0.2, 0) is 14.3 Å². The lowest BCUT2D eigenvalue weighted by molar-refractivity contribution is -0.438. The Morgan fingerprint density at radius 1 is 0.737 bits per heavy atom. The van der Waals surface area contributed by atoms with Crippen LogP contribution in [0.4, 0.5) is 48.3 Å². The van der Waals surface area contributed by atoms with Crippen molar-refractivity contribution in [3.8, 4) is 0 Å². The first-order chi connectivity index (χ1) is 16.4. The second kappa shape index (κ2) is 10.9. The summed E-state index contributed by atoms with van der Waals surface area (Å²) >= 11 is 0. The van der Waals surface area contributed by atoms with Crippen molar-refractivity contribution in [3.63, 3.8) is 0 Å². The SMILES string of the molecule is CC(C)(CCOC(C)(C)CCN)NC(=O)C(F)(C(F)(F)F)C(C)(C)OC(F)(F)C(F)(C(C)(C)F)C(F)(F)F. The Labute approximate surface area is 214 Å². The van der Waals surface area contributed by atoms with E-state index in [2.05, 4.69) is 4.74 Å². The Balaban J connectivity index is 6.32. The molecule has 228 valence electrons. The molecule has 2 unspecified atom stereocenters. The van der Waals surface area contributed by atoms with E-state index in [1.165, 1.54) is 0 Å². The largest absolute Gasteiger partial charge is 0.434 e. The maximum atomic E-state index is 15.6. The maximum Gasteiger partial charge on any atom is 0.434 e. The number of amides is 1. The molecule has 2 atom stereocenters. The van der Waals surface area contributed by atoms with E-state index in [1.54, 1.807) is 19.2 Å². The highest BCUT2D eigenvalue weighted by molar-refractivity contribution is 5.88. The monoisotopic (exact) mass is 584 g/mol. The van der Waals surface area contributed by atoms with Crippen LogP contribution < -0.4 is 11.1 Å². The van der Waals surface area contributed by atoms with Gasteiger partial charge in [-0.25, -0.2) is 13.2 Å². The van der Waals surface area contributed by atoms with Gasteiger partial charge in [0.2, 0.25) is 0 Å². The van der Waals surface area contributed by atoms with E-state index in [4.69, 9.17) is 10.5 Å². The molecule has 0 spiro atoms. The van der Waals surface area contributed by atoms with E-state index in [0.717, 1.165) is 13.8 Å². The van der Waals surface area contributed by atoms with Gasteiger partial charge in [0.05, 0.1) is 5.60 Å². The molecule has 16 heteroatoms. The predicted octanol–water partition coefficient (Wildman–Crippen LogP) is 6.09. The molecule has 0 aliphatic rings. The van der Waals surface area contributed by atoms with Crippen molar-refractivity contribution in [2.45, 2.75) is 120 Å². The van der Waals surface area contributed by atoms with Gasteiger partial charge >= 0.3 is 29.8 Å². The van der Waals surface area contributed by atoms with Crippen molar-refractivity contribution in [2.75, 3.05) is 13.2 Å². The number of nitrogens with two attached hydrogens (primary N) is 1. The predicted molar refractivity (Wildman–Crippen MR) is 116 cm³/mol. The molecule has 0 aromatic carbocycles. The number of hydrogen-bond donors (Lipinski definition) is 2. The molecule has 3 N–H and O–H groups in total. The van der Waals surface area contributed by atoms with Gasteiger partial charge in [0.1, 0.15) is 5.60 Å². The minimum absolute atomic E-state index is 0.137. The summed E-state index contributed by atoms with van der Waals surface area (Å²) < 4.78 is 164. The number of hydrogen-bond acceptors (Lipinski definition) is 4. The third-order valence-corrected chi connectivity index (χ3v) is 5.95. The van der Waals surface area contributed by atoms with Crippen molar-refractivity contribution in [1.82, 2.24) is 5.32 Å². The first-order valence-corrected chi connectivity index (χ1v) is 11.3. The molecule has 0 radical (unpaired) electrons. The topological polar surface area (TPSA) is 73.6 Å². The van der Waals surface area contributed by atoms with Crippen molar-refractivity contribution in [3.05, 3.63) is 0 Å². The summed E-state index contributed by atoms with van der Waals surface area (Å²) in [6.07, 6.45) is -19.4.